The average Bonchev–Trinajstić information content (AvgIpc) is 2.65. The number of aliphatic hydroxyl groups is 1. The molecule has 8 nitrogen and oxygen atoms in total. The summed E-state index contributed by atoms with van der Waals surface area (Å²) in [4.78, 5) is 23.3. The Bertz CT molecular complexity index is 768. The zero-order valence-corrected chi connectivity index (χ0v) is 14.1. The molecule has 0 bridgehead atoms. The van der Waals surface area contributed by atoms with E-state index in [2.05, 4.69) is 16.0 Å². The third kappa shape index (κ3) is 3.39. The minimum atomic E-state index is -0.425. The molecule has 0 atom stereocenters. The van der Waals surface area contributed by atoms with Crippen molar-refractivity contribution in [2.75, 3.05) is 36.0 Å². The molecule has 8 heteroatoms. The number of anilines is 2. The van der Waals surface area contributed by atoms with Gasteiger partial charge < -0.3 is 14.9 Å². The van der Waals surface area contributed by atoms with E-state index in [0.29, 0.717) is 25.5 Å². The molecule has 2 aromatic rings. The predicted molar refractivity (Wildman–Crippen MR) is 94.9 cm³/mol. The monoisotopic (exact) mass is 343 g/mol. The smallest absolute Gasteiger partial charge is 0.353 e. The van der Waals surface area contributed by atoms with Crippen LogP contribution in [-0.4, -0.2) is 46.2 Å². The lowest BCUT2D eigenvalue weighted by Crippen LogP contribution is -2.33. The molecule has 0 unspecified atom stereocenters. The number of aliphatic hydroxyl groups excluding tert-OH is 1. The molecule has 0 amide bonds. The number of hydrogen-bond donors (Lipinski definition) is 1. The molecule has 0 spiro atoms. The lowest BCUT2D eigenvalue weighted by Gasteiger charge is -2.30. The lowest BCUT2D eigenvalue weighted by atomic mass is 10.00. The predicted octanol–water partition coefficient (Wildman–Crippen LogP) is 1.77. The summed E-state index contributed by atoms with van der Waals surface area (Å²) in [6.45, 7) is 3.83. The van der Waals surface area contributed by atoms with Gasteiger partial charge in [-0.2, -0.15) is 0 Å². The van der Waals surface area contributed by atoms with Crippen molar-refractivity contribution in [1.82, 2.24) is 9.97 Å². The first-order chi connectivity index (χ1) is 12.2. The second-order valence-corrected chi connectivity index (χ2v) is 5.87. The summed E-state index contributed by atoms with van der Waals surface area (Å²) in [7, 11) is 0. The Morgan fingerprint density at radius 3 is 2.76 bits per heavy atom. The first-order valence-corrected chi connectivity index (χ1v) is 8.32. The molecule has 1 aromatic carbocycles. The Hall–Kier alpha value is -2.74. The van der Waals surface area contributed by atoms with Gasteiger partial charge in [-0.15, -0.1) is 0 Å². The van der Waals surface area contributed by atoms with Gasteiger partial charge in [-0.25, -0.2) is 9.97 Å². The van der Waals surface area contributed by atoms with Crippen molar-refractivity contribution in [1.29, 1.82) is 0 Å². The highest BCUT2D eigenvalue weighted by molar-refractivity contribution is 5.71. The van der Waals surface area contributed by atoms with Crippen LogP contribution in [0.5, 0.6) is 0 Å². The molecule has 0 fully saturated rings. The average molecular weight is 343 g/mol. The first-order valence-electron chi connectivity index (χ1n) is 8.32. The van der Waals surface area contributed by atoms with E-state index in [1.807, 2.05) is 30.0 Å². The summed E-state index contributed by atoms with van der Waals surface area (Å²) >= 11 is 0. The normalized spacial score (nSPS) is 13.4. The number of aromatic nitrogens is 2. The van der Waals surface area contributed by atoms with Crippen LogP contribution >= 0.6 is 0 Å². The van der Waals surface area contributed by atoms with Crippen LogP contribution in [0, 0.1) is 10.1 Å². The molecule has 0 saturated heterocycles. The number of fused-ring (bicyclic) bond motifs is 1. The Morgan fingerprint density at radius 2 is 2.08 bits per heavy atom. The molecule has 1 aliphatic rings. The molecule has 0 radical (unpaired) electrons. The van der Waals surface area contributed by atoms with Gasteiger partial charge in [0.1, 0.15) is 6.33 Å². The maximum atomic E-state index is 11.8. The molecule has 3 rings (SSSR count). The molecular formula is C17H21N5O3. The number of benzene rings is 1. The molecule has 132 valence electrons. The standard InChI is InChI=1S/C17H21N5O3/c1-2-20(9-10-23)16-15(22(24)25)17(19-12-18-16)21-8-7-13-5-3-4-6-14(13)11-21/h3-6,12,23H,2,7-11H2,1H3. The van der Waals surface area contributed by atoms with E-state index >= 15 is 0 Å². The molecule has 1 aliphatic heterocycles. The third-order valence-corrected chi connectivity index (χ3v) is 4.45. The van der Waals surface area contributed by atoms with Gasteiger partial charge in [-0.05, 0) is 24.5 Å². The van der Waals surface area contributed by atoms with Crippen LogP contribution in [0.1, 0.15) is 18.1 Å². The highest BCUT2D eigenvalue weighted by Gasteiger charge is 2.31. The van der Waals surface area contributed by atoms with Gasteiger partial charge in [0.05, 0.1) is 11.5 Å². The van der Waals surface area contributed by atoms with E-state index in [9.17, 15) is 15.2 Å². The summed E-state index contributed by atoms with van der Waals surface area (Å²) in [5, 5.41) is 21.0. The van der Waals surface area contributed by atoms with E-state index < -0.39 is 4.92 Å². The van der Waals surface area contributed by atoms with Gasteiger partial charge in [0.25, 0.3) is 0 Å². The molecule has 1 N–H and O–H groups in total. The van der Waals surface area contributed by atoms with Crippen LogP contribution in [0.3, 0.4) is 0 Å². The Balaban J connectivity index is 2.01. The highest BCUT2D eigenvalue weighted by atomic mass is 16.6. The molecule has 0 saturated carbocycles. The molecule has 0 aliphatic carbocycles. The van der Waals surface area contributed by atoms with Gasteiger partial charge >= 0.3 is 5.69 Å². The van der Waals surface area contributed by atoms with Gasteiger partial charge in [-0.3, -0.25) is 10.1 Å². The second kappa shape index (κ2) is 7.43. The maximum absolute atomic E-state index is 11.8. The van der Waals surface area contributed by atoms with Crippen molar-refractivity contribution in [2.24, 2.45) is 0 Å². The van der Waals surface area contributed by atoms with Crippen molar-refractivity contribution in [3.63, 3.8) is 0 Å². The number of likely N-dealkylation sites (N-methyl/N-ethyl adjacent to an activating group) is 1. The first kappa shape index (κ1) is 17.1. The van der Waals surface area contributed by atoms with Crippen LogP contribution in [0.15, 0.2) is 30.6 Å². The SMILES string of the molecule is CCN(CCO)c1ncnc(N2CCc3ccccc3C2)c1[N+](=O)[O-]. The summed E-state index contributed by atoms with van der Waals surface area (Å²) in [5.41, 5.74) is 2.33. The summed E-state index contributed by atoms with van der Waals surface area (Å²) in [6.07, 6.45) is 2.18. The summed E-state index contributed by atoms with van der Waals surface area (Å²) < 4.78 is 0. The van der Waals surface area contributed by atoms with E-state index in [0.717, 1.165) is 12.0 Å². The molecule has 25 heavy (non-hydrogen) atoms. The van der Waals surface area contributed by atoms with Gasteiger partial charge in [0.2, 0.25) is 11.6 Å². The molecular weight excluding hydrogens is 322 g/mol. The zero-order valence-electron chi connectivity index (χ0n) is 14.1. The van der Waals surface area contributed by atoms with Gasteiger partial charge in [0, 0.05) is 26.2 Å². The Labute approximate surface area is 145 Å². The van der Waals surface area contributed by atoms with Crippen LogP contribution in [0.2, 0.25) is 0 Å². The largest absolute Gasteiger partial charge is 0.395 e. The topological polar surface area (TPSA) is 95.6 Å². The van der Waals surface area contributed by atoms with Crippen LogP contribution in [-0.2, 0) is 13.0 Å². The van der Waals surface area contributed by atoms with Crippen molar-refractivity contribution in [3.05, 3.63) is 51.8 Å². The minimum absolute atomic E-state index is 0.0958. The summed E-state index contributed by atoms with van der Waals surface area (Å²) in [5.74, 6) is 0.589. The van der Waals surface area contributed by atoms with Crippen molar-refractivity contribution >= 4 is 17.3 Å². The Kier molecular flexibility index (Phi) is 5.08. The van der Waals surface area contributed by atoms with Crippen LogP contribution in [0.4, 0.5) is 17.3 Å². The van der Waals surface area contributed by atoms with Gasteiger partial charge in [0.15, 0.2) is 0 Å². The van der Waals surface area contributed by atoms with E-state index in [1.165, 1.54) is 11.9 Å². The Morgan fingerprint density at radius 1 is 1.32 bits per heavy atom. The van der Waals surface area contributed by atoms with Crippen LogP contribution in [0.25, 0.3) is 0 Å². The molecule has 2 heterocycles. The fraction of sp³-hybridized carbons (Fsp3) is 0.412. The van der Waals surface area contributed by atoms with Gasteiger partial charge in [-0.1, -0.05) is 24.3 Å². The number of hydrogen-bond acceptors (Lipinski definition) is 7. The maximum Gasteiger partial charge on any atom is 0.353 e. The van der Waals surface area contributed by atoms with E-state index in [1.54, 1.807) is 4.90 Å². The third-order valence-electron chi connectivity index (χ3n) is 4.45. The number of rotatable bonds is 6. The zero-order chi connectivity index (χ0) is 17.8. The number of nitro groups is 1. The molecule has 1 aromatic heterocycles. The highest BCUT2D eigenvalue weighted by Crippen LogP contribution is 2.36. The summed E-state index contributed by atoms with van der Waals surface area (Å²) in [6, 6.07) is 8.11. The quantitative estimate of drug-likeness (QED) is 0.631. The van der Waals surface area contributed by atoms with E-state index in [-0.39, 0.29) is 24.7 Å². The van der Waals surface area contributed by atoms with Crippen LogP contribution < -0.4 is 9.80 Å². The van der Waals surface area contributed by atoms with Crippen molar-refractivity contribution in [3.8, 4) is 0 Å². The van der Waals surface area contributed by atoms with Crippen molar-refractivity contribution in [2.45, 2.75) is 19.9 Å². The second-order valence-electron chi connectivity index (χ2n) is 5.87. The number of nitrogens with zero attached hydrogens (tertiary/aromatic N) is 5. The fourth-order valence-electron chi connectivity index (χ4n) is 3.20. The van der Waals surface area contributed by atoms with E-state index in [4.69, 9.17) is 0 Å². The fourth-order valence-corrected chi connectivity index (χ4v) is 3.20. The van der Waals surface area contributed by atoms with Crippen molar-refractivity contribution < 1.29 is 10.0 Å². The minimum Gasteiger partial charge on any atom is -0.395 e. The lowest BCUT2D eigenvalue weighted by molar-refractivity contribution is -0.383.